The van der Waals surface area contributed by atoms with Gasteiger partial charge in [-0.15, -0.1) is 0 Å². The lowest BCUT2D eigenvalue weighted by Crippen LogP contribution is -2.07. The Morgan fingerprint density at radius 1 is 1.42 bits per heavy atom. The summed E-state index contributed by atoms with van der Waals surface area (Å²) in [5.74, 6) is -0.423. The van der Waals surface area contributed by atoms with Gasteiger partial charge in [0, 0.05) is 17.9 Å². The molecular formula is C14H16N2O2S. The number of rotatable bonds is 4. The predicted octanol–water partition coefficient (Wildman–Crippen LogP) is 3.04. The molecule has 1 heterocycles. The molecule has 0 radical (unpaired) electrons. The summed E-state index contributed by atoms with van der Waals surface area (Å²) in [5.41, 5.74) is 9.92. The number of thiophene rings is 1. The molecule has 0 amide bonds. The number of aryl methyl sites for hydroxylation is 1. The van der Waals surface area contributed by atoms with Crippen molar-refractivity contribution in [1.82, 2.24) is 0 Å². The van der Waals surface area contributed by atoms with Gasteiger partial charge in [0.15, 0.2) is 0 Å². The molecule has 19 heavy (non-hydrogen) atoms. The van der Waals surface area contributed by atoms with E-state index < -0.39 is 5.97 Å². The number of benzene rings is 1. The van der Waals surface area contributed by atoms with Gasteiger partial charge in [0.25, 0.3) is 0 Å². The molecule has 100 valence electrons. The monoisotopic (exact) mass is 276 g/mol. The van der Waals surface area contributed by atoms with Crippen LogP contribution < -0.4 is 11.1 Å². The van der Waals surface area contributed by atoms with Crippen LogP contribution in [-0.4, -0.2) is 13.1 Å². The number of nitrogen functional groups attached to an aromatic ring is 1. The molecule has 5 heteroatoms. The molecule has 1 aromatic heterocycles. The van der Waals surface area contributed by atoms with Crippen LogP contribution in [-0.2, 0) is 11.3 Å². The van der Waals surface area contributed by atoms with Crippen LogP contribution in [0.25, 0.3) is 0 Å². The lowest BCUT2D eigenvalue weighted by Gasteiger charge is -2.09. The molecule has 0 spiro atoms. The number of carbonyl (C=O) groups excluding carboxylic acids is 1. The first-order valence-corrected chi connectivity index (χ1v) is 6.79. The topological polar surface area (TPSA) is 64.3 Å². The molecule has 3 N–H and O–H groups in total. The molecule has 0 saturated carbocycles. The summed E-state index contributed by atoms with van der Waals surface area (Å²) in [6, 6.07) is 5.27. The SMILES string of the molecule is COC(=O)c1cc(NCc2cscc2C)ccc1N. The summed E-state index contributed by atoms with van der Waals surface area (Å²) >= 11 is 1.68. The van der Waals surface area contributed by atoms with Gasteiger partial charge in [-0.25, -0.2) is 4.79 Å². The number of methoxy groups -OCH3 is 1. The highest BCUT2D eigenvalue weighted by atomic mass is 32.1. The second-order valence-electron chi connectivity index (χ2n) is 4.23. The van der Waals surface area contributed by atoms with Crippen molar-refractivity contribution in [2.45, 2.75) is 13.5 Å². The number of anilines is 2. The molecule has 0 aliphatic heterocycles. The number of ether oxygens (including phenoxy) is 1. The maximum atomic E-state index is 11.5. The van der Waals surface area contributed by atoms with Crippen molar-refractivity contribution >= 4 is 28.7 Å². The Hall–Kier alpha value is -2.01. The van der Waals surface area contributed by atoms with E-state index in [9.17, 15) is 4.79 Å². The number of nitrogens with one attached hydrogen (secondary N) is 1. The molecule has 0 fully saturated rings. The minimum absolute atomic E-state index is 0.384. The smallest absolute Gasteiger partial charge is 0.340 e. The summed E-state index contributed by atoms with van der Waals surface area (Å²) < 4.78 is 4.70. The standard InChI is InChI=1S/C14H16N2O2S/c1-9-7-19-8-10(9)6-16-11-3-4-13(15)12(5-11)14(17)18-2/h3-5,7-8,16H,6,15H2,1-2H3. The van der Waals surface area contributed by atoms with Crippen molar-refractivity contribution in [1.29, 1.82) is 0 Å². The van der Waals surface area contributed by atoms with Crippen LogP contribution in [0, 0.1) is 6.92 Å². The van der Waals surface area contributed by atoms with E-state index in [1.54, 1.807) is 23.5 Å². The summed E-state index contributed by atoms with van der Waals surface area (Å²) in [4.78, 5) is 11.5. The zero-order chi connectivity index (χ0) is 13.8. The van der Waals surface area contributed by atoms with E-state index in [1.807, 2.05) is 6.07 Å². The lowest BCUT2D eigenvalue weighted by molar-refractivity contribution is 0.0602. The molecule has 0 unspecified atom stereocenters. The fourth-order valence-corrected chi connectivity index (χ4v) is 2.58. The highest BCUT2D eigenvalue weighted by Crippen LogP contribution is 2.20. The lowest BCUT2D eigenvalue weighted by atomic mass is 10.1. The normalized spacial score (nSPS) is 10.2. The van der Waals surface area contributed by atoms with Crippen LogP contribution in [0.1, 0.15) is 21.5 Å². The van der Waals surface area contributed by atoms with Gasteiger partial charge in [0.1, 0.15) is 0 Å². The van der Waals surface area contributed by atoms with E-state index in [2.05, 4.69) is 23.0 Å². The van der Waals surface area contributed by atoms with E-state index in [4.69, 9.17) is 10.5 Å². The predicted molar refractivity (Wildman–Crippen MR) is 78.6 cm³/mol. The van der Waals surface area contributed by atoms with E-state index >= 15 is 0 Å². The molecule has 2 aromatic rings. The number of hydrogen-bond donors (Lipinski definition) is 2. The quantitative estimate of drug-likeness (QED) is 0.665. The Morgan fingerprint density at radius 3 is 2.84 bits per heavy atom. The van der Waals surface area contributed by atoms with E-state index in [0.29, 0.717) is 11.3 Å². The minimum Gasteiger partial charge on any atom is -0.465 e. The average Bonchev–Trinajstić information content (AvgIpc) is 2.82. The molecular weight excluding hydrogens is 260 g/mol. The van der Waals surface area contributed by atoms with Gasteiger partial charge in [-0.05, 0) is 47.0 Å². The second-order valence-corrected chi connectivity index (χ2v) is 4.97. The van der Waals surface area contributed by atoms with Crippen LogP contribution in [0.5, 0.6) is 0 Å². The van der Waals surface area contributed by atoms with E-state index in [-0.39, 0.29) is 0 Å². The van der Waals surface area contributed by atoms with Crippen molar-refractivity contribution in [3.05, 3.63) is 45.6 Å². The molecule has 2 rings (SSSR count). The van der Waals surface area contributed by atoms with Crippen molar-refractivity contribution in [3.63, 3.8) is 0 Å². The Bertz CT molecular complexity index is 593. The zero-order valence-electron chi connectivity index (χ0n) is 10.9. The van der Waals surface area contributed by atoms with Gasteiger partial charge in [-0.2, -0.15) is 11.3 Å². The van der Waals surface area contributed by atoms with E-state index in [1.165, 1.54) is 18.2 Å². The van der Waals surface area contributed by atoms with Gasteiger partial charge < -0.3 is 15.8 Å². The third-order valence-corrected chi connectivity index (χ3v) is 3.81. The van der Waals surface area contributed by atoms with Crippen molar-refractivity contribution in [3.8, 4) is 0 Å². The summed E-state index contributed by atoms with van der Waals surface area (Å²) in [7, 11) is 1.34. The van der Waals surface area contributed by atoms with Crippen LogP contribution in [0.3, 0.4) is 0 Å². The first kappa shape index (κ1) is 13.4. The Balaban J connectivity index is 2.13. The van der Waals surface area contributed by atoms with Crippen molar-refractivity contribution in [2.24, 2.45) is 0 Å². The van der Waals surface area contributed by atoms with Gasteiger partial charge in [-0.3, -0.25) is 0 Å². The molecule has 0 atom stereocenters. The Labute approximate surface area is 116 Å². The third-order valence-electron chi connectivity index (χ3n) is 2.90. The maximum absolute atomic E-state index is 11.5. The van der Waals surface area contributed by atoms with E-state index in [0.717, 1.165) is 12.2 Å². The van der Waals surface area contributed by atoms with Gasteiger partial charge in [0.05, 0.1) is 12.7 Å². The molecule has 4 nitrogen and oxygen atoms in total. The molecule has 0 aliphatic rings. The highest BCUT2D eigenvalue weighted by Gasteiger charge is 2.10. The second kappa shape index (κ2) is 5.75. The molecule has 1 aromatic carbocycles. The summed E-state index contributed by atoms with van der Waals surface area (Å²) in [6.45, 7) is 2.80. The maximum Gasteiger partial charge on any atom is 0.340 e. The first-order chi connectivity index (χ1) is 9.11. The van der Waals surface area contributed by atoms with Gasteiger partial charge in [-0.1, -0.05) is 0 Å². The largest absolute Gasteiger partial charge is 0.465 e. The number of hydrogen-bond acceptors (Lipinski definition) is 5. The minimum atomic E-state index is -0.423. The molecule has 0 saturated heterocycles. The first-order valence-electron chi connectivity index (χ1n) is 5.85. The fourth-order valence-electron chi connectivity index (χ4n) is 1.72. The van der Waals surface area contributed by atoms with Crippen LogP contribution >= 0.6 is 11.3 Å². The fraction of sp³-hybridized carbons (Fsp3) is 0.214. The Kier molecular flexibility index (Phi) is 4.06. The number of esters is 1. The Morgan fingerprint density at radius 2 is 2.21 bits per heavy atom. The molecule has 0 bridgehead atoms. The zero-order valence-corrected chi connectivity index (χ0v) is 11.7. The highest BCUT2D eigenvalue weighted by molar-refractivity contribution is 7.08. The van der Waals surface area contributed by atoms with Gasteiger partial charge >= 0.3 is 5.97 Å². The molecule has 0 aliphatic carbocycles. The van der Waals surface area contributed by atoms with Crippen molar-refractivity contribution < 1.29 is 9.53 Å². The third kappa shape index (κ3) is 3.06. The number of carbonyl (C=O) groups is 1. The average molecular weight is 276 g/mol. The van der Waals surface area contributed by atoms with Crippen molar-refractivity contribution in [2.75, 3.05) is 18.2 Å². The summed E-state index contributed by atoms with van der Waals surface area (Å²) in [6.07, 6.45) is 0. The van der Waals surface area contributed by atoms with Crippen LogP contribution in [0.15, 0.2) is 29.0 Å². The van der Waals surface area contributed by atoms with Gasteiger partial charge in [0.2, 0.25) is 0 Å². The number of nitrogens with two attached hydrogens (primary N) is 1. The van der Waals surface area contributed by atoms with Crippen LogP contribution in [0.4, 0.5) is 11.4 Å². The summed E-state index contributed by atoms with van der Waals surface area (Å²) in [5, 5.41) is 7.50. The van der Waals surface area contributed by atoms with Crippen LogP contribution in [0.2, 0.25) is 0 Å².